The van der Waals surface area contributed by atoms with E-state index < -0.39 is 0 Å². The number of nitrogens with one attached hydrogen (secondary N) is 1. The summed E-state index contributed by atoms with van der Waals surface area (Å²) in [7, 11) is 0. The highest BCUT2D eigenvalue weighted by Crippen LogP contribution is 2.32. The van der Waals surface area contributed by atoms with Gasteiger partial charge in [-0.15, -0.1) is 0 Å². The van der Waals surface area contributed by atoms with Gasteiger partial charge in [-0.05, 0) is 61.8 Å². The van der Waals surface area contributed by atoms with Gasteiger partial charge in [-0.25, -0.2) is 0 Å². The Morgan fingerprint density at radius 2 is 1.47 bits per heavy atom. The highest BCUT2D eigenvalue weighted by molar-refractivity contribution is 5.38. The second kappa shape index (κ2) is 7.66. The van der Waals surface area contributed by atoms with Crippen LogP contribution >= 0.6 is 0 Å². The van der Waals surface area contributed by atoms with Crippen molar-refractivity contribution in [2.75, 3.05) is 0 Å². The van der Waals surface area contributed by atoms with Crippen LogP contribution in [0.1, 0.15) is 67.8 Å². The van der Waals surface area contributed by atoms with E-state index in [1.54, 1.807) is 0 Å². The van der Waals surface area contributed by atoms with Gasteiger partial charge in [0.25, 0.3) is 0 Å². The fraction of sp³-hybridized carbons (Fsp3) is 0.647. The average molecular weight is 262 g/mol. The van der Waals surface area contributed by atoms with E-state index in [1.165, 1.54) is 47.9 Å². The Hall–Kier alpha value is -0.860. The summed E-state index contributed by atoms with van der Waals surface area (Å²) in [6.07, 6.45) is 4.89. The molecule has 1 atom stereocenters. The standard InChI is InChI=1S/C17H30N2/c1-6-8-15(9-7-2)17(19-18)16-11-13(4)12(3)10-14(16)5/h10-11,15,17,19H,6-9,18H2,1-5H3. The maximum Gasteiger partial charge on any atom is 0.0490 e. The fourth-order valence-corrected chi connectivity index (χ4v) is 3.02. The van der Waals surface area contributed by atoms with Crippen LogP contribution in [0.3, 0.4) is 0 Å². The Labute approximate surface area is 118 Å². The number of rotatable bonds is 7. The maximum absolute atomic E-state index is 5.87. The molecule has 0 heterocycles. The van der Waals surface area contributed by atoms with Crippen molar-refractivity contribution in [2.24, 2.45) is 11.8 Å². The van der Waals surface area contributed by atoms with Gasteiger partial charge in [-0.3, -0.25) is 11.3 Å². The SMILES string of the molecule is CCCC(CCC)C(NN)c1cc(C)c(C)cc1C. The molecule has 1 aromatic rings. The van der Waals surface area contributed by atoms with Crippen molar-refractivity contribution in [3.8, 4) is 0 Å². The molecule has 0 spiro atoms. The van der Waals surface area contributed by atoms with E-state index in [-0.39, 0.29) is 6.04 Å². The van der Waals surface area contributed by atoms with Gasteiger partial charge in [-0.1, -0.05) is 38.8 Å². The topological polar surface area (TPSA) is 38.0 Å². The van der Waals surface area contributed by atoms with Crippen LogP contribution in [0.25, 0.3) is 0 Å². The molecule has 0 aliphatic carbocycles. The molecule has 1 aromatic carbocycles. The minimum Gasteiger partial charge on any atom is -0.271 e. The van der Waals surface area contributed by atoms with Crippen molar-refractivity contribution in [2.45, 2.75) is 66.3 Å². The lowest BCUT2D eigenvalue weighted by molar-refractivity contribution is 0.318. The first-order valence-electron chi connectivity index (χ1n) is 7.58. The normalized spacial score (nSPS) is 13.0. The van der Waals surface area contributed by atoms with Crippen LogP contribution in [0.5, 0.6) is 0 Å². The van der Waals surface area contributed by atoms with Crippen LogP contribution in [-0.4, -0.2) is 0 Å². The smallest absolute Gasteiger partial charge is 0.0490 e. The zero-order valence-corrected chi connectivity index (χ0v) is 13.2. The van der Waals surface area contributed by atoms with Gasteiger partial charge in [0.2, 0.25) is 0 Å². The molecular weight excluding hydrogens is 232 g/mol. The van der Waals surface area contributed by atoms with E-state index in [4.69, 9.17) is 5.84 Å². The Bertz CT molecular complexity index is 392. The molecule has 0 aliphatic rings. The van der Waals surface area contributed by atoms with Crippen LogP contribution in [0, 0.1) is 26.7 Å². The van der Waals surface area contributed by atoms with Gasteiger partial charge in [0, 0.05) is 6.04 Å². The highest BCUT2D eigenvalue weighted by Gasteiger charge is 2.22. The molecule has 1 rings (SSSR count). The first-order chi connectivity index (χ1) is 9.04. The summed E-state index contributed by atoms with van der Waals surface area (Å²) in [4.78, 5) is 0. The monoisotopic (exact) mass is 262 g/mol. The van der Waals surface area contributed by atoms with E-state index in [0.717, 1.165) is 0 Å². The van der Waals surface area contributed by atoms with Crippen molar-refractivity contribution >= 4 is 0 Å². The van der Waals surface area contributed by atoms with E-state index in [0.29, 0.717) is 5.92 Å². The predicted octanol–water partition coefficient (Wildman–Crippen LogP) is 4.33. The number of hydrogen-bond acceptors (Lipinski definition) is 2. The molecule has 0 amide bonds. The van der Waals surface area contributed by atoms with Crippen molar-refractivity contribution in [3.63, 3.8) is 0 Å². The summed E-state index contributed by atoms with van der Waals surface area (Å²) in [5.41, 5.74) is 8.51. The van der Waals surface area contributed by atoms with Crippen LogP contribution in [0.15, 0.2) is 12.1 Å². The van der Waals surface area contributed by atoms with Crippen LogP contribution in [-0.2, 0) is 0 Å². The lowest BCUT2D eigenvalue weighted by atomic mass is 9.83. The van der Waals surface area contributed by atoms with Crippen molar-refractivity contribution in [1.29, 1.82) is 0 Å². The van der Waals surface area contributed by atoms with E-state index in [9.17, 15) is 0 Å². The lowest BCUT2D eigenvalue weighted by Crippen LogP contribution is -2.34. The summed E-state index contributed by atoms with van der Waals surface area (Å²) < 4.78 is 0. The van der Waals surface area contributed by atoms with E-state index in [1.807, 2.05) is 0 Å². The maximum atomic E-state index is 5.87. The zero-order valence-electron chi connectivity index (χ0n) is 13.2. The van der Waals surface area contributed by atoms with Gasteiger partial charge >= 0.3 is 0 Å². The van der Waals surface area contributed by atoms with Gasteiger partial charge < -0.3 is 0 Å². The molecule has 2 nitrogen and oxygen atoms in total. The first-order valence-corrected chi connectivity index (χ1v) is 7.58. The Morgan fingerprint density at radius 1 is 0.947 bits per heavy atom. The molecule has 0 aromatic heterocycles. The number of nitrogens with two attached hydrogens (primary N) is 1. The molecule has 19 heavy (non-hydrogen) atoms. The number of benzene rings is 1. The van der Waals surface area contributed by atoms with Gasteiger partial charge in [-0.2, -0.15) is 0 Å². The predicted molar refractivity (Wildman–Crippen MR) is 84.0 cm³/mol. The lowest BCUT2D eigenvalue weighted by Gasteiger charge is -2.28. The average Bonchev–Trinajstić information content (AvgIpc) is 2.37. The van der Waals surface area contributed by atoms with Crippen LogP contribution < -0.4 is 11.3 Å². The third-order valence-electron chi connectivity index (χ3n) is 4.19. The summed E-state index contributed by atoms with van der Waals surface area (Å²) >= 11 is 0. The molecule has 0 bridgehead atoms. The Morgan fingerprint density at radius 3 is 1.95 bits per heavy atom. The second-order valence-corrected chi connectivity index (χ2v) is 5.77. The van der Waals surface area contributed by atoms with Crippen molar-refractivity contribution in [3.05, 3.63) is 34.4 Å². The molecule has 0 aliphatic heterocycles. The highest BCUT2D eigenvalue weighted by atomic mass is 15.2. The molecule has 1 unspecified atom stereocenters. The van der Waals surface area contributed by atoms with Gasteiger partial charge in [0.05, 0.1) is 0 Å². The van der Waals surface area contributed by atoms with Gasteiger partial charge in [0.1, 0.15) is 0 Å². The third-order valence-corrected chi connectivity index (χ3v) is 4.19. The Balaban J connectivity index is 3.10. The summed E-state index contributed by atoms with van der Waals surface area (Å²) in [6, 6.07) is 4.87. The fourth-order valence-electron chi connectivity index (χ4n) is 3.02. The van der Waals surface area contributed by atoms with Crippen molar-refractivity contribution in [1.82, 2.24) is 5.43 Å². The van der Waals surface area contributed by atoms with Gasteiger partial charge in [0.15, 0.2) is 0 Å². The van der Waals surface area contributed by atoms with E-state index in [2.05, 4.69) is 52.2 Å². The molecule has 108 valence electrons. The molecule has 0 fully saturated rings. The molecule has 0 saturated carbocycles. The Kier molecular flexibility index (Phi) is 6.53. The molecule has 3 N–H and O–H groups in total. The van der Waals surface area contributed by atoms with E-state index >= 15 is 0 Å². The number of aryl methyl sites for hydroxylation is 3. The number of hydrogen-bond donors (Lipinski definition) is 2. The quantitative estimate of drug-likeness (QED) is 0.567. The summed E-state index contributed by atoms with van der Waals surface area (Å²) in [5, 5.41) is 0. The second-order valence-electron chi connectivity index (χ2n) is 5.77. The summed E-state index contributed by atoms with van der Waals surface area (Å²) in [5.74, 6) is 6.50. The molecule has 0 saturated heterocycles. The summed E-state index contributed by atoms with van der Waals surface area (Å²) in [6.45, 7) is 11.1. The molecule has 0 radical (unpaired) electrons. The van der Waals surface area contributed by atoms with Crippen LogP contribution in [0.4, 0.5) is 0 Å². The largest absolute Gasteiger partial charge is 0.271 e. The van der Waals surface area contributed by atoms with Crippen LogP contribution in [0.2, 0.25) is 0 Å². The van der Waals surface area contributed by atoms with Crippen molar-refractivity contribution < 1.29 is 0 Å². The molecule has 2 heteroatoms. The minimum atomic E-state index is 0.277. The zero-order chi connectivity index (χ0) is 14.4. The number of hydrazine groups is 1. The first kappa shape index (κ1) is 16.2. The minimum absolute atomic E-state index is 0.277. The third kappa shape index (κ3) is 4.05. The molecular formula is C17H30N2.